The van der Waals surface area contributed by atoms with Gasteiger partial charge in [-0.2, -0.15) is 0 Å². The summed E-state index contributed by atoms with van der Waals surface area (Å²) in [4.78, 5) is 19.6. The smallest absolute Gasteiger partial charge is 0.234 e. The Balaban J connectivity index is 1.62. The van der Waals surface area contributed by atoms with Crippen LogP contribution in [-0.4, -0.2) is 21.6 Å². The second-order valence-electron chi connectivity index (χ2n) is 4.77. The van der Waals surface area contributed by atoms with Gasteiger partial charge in [0.15, 0.2) is 5.16 Å². The number of rotatable bonds is 4. The van der Waals surface area contributed by atoms with E-state index in [1.165, 1.54) is 17.3 Å². The number of H-pyrrole nitrogens is 1. The van der Waals surface area contributed by atoms with Crippen molar-refractivity contribution in [3.63, 3.8) is 0 Å². The summed E-state index contributed by atoms with van der Waals surface area (Å²) in [6.07, 6.45) is 0. The molecule has 0 fully saturated rings. The molecule has 0 aliphatic rings. The van der Waals surface area contributed by atoms with Gasteiger partial charge in [0.2, 0.25) is 5.91 Å². The number of para-hydroxylation sites is 1. The number of carbonyl (C=O) groups is 1. The fraction of sp³-hybridized carbons (Fsp3) is 0.125. The van der Waals surface area contributed by atoms with Crippen molar-refractivity contribution >= 4 is 34.4 Å². The Labute approximate surface area is 127 Å². The van der Waals surface area contributed by atoms with Crippen LogP contribution in [0.4, 0.5) is 5.69 Å². The predicted octanol–water partition coefficient (Wildman–Crippen LogP) is 3.60. The van der Waals surface area contributed by atoms with E-state index in [0.29, 0.717) is 5.75 Å². The van der Waals surface area contributed by atoms with Gasteiger partial charge in [0.1, 0.15) is 0 Å². The monoisotopic (exact) mass is 297 g/mol. The molecular formula is C16H15N3OS. The third-order valence-corrected chi connectivity index (χ3v) is 3.89. The number of aromatic nitrogens is 2. The quantitative estimate of drug-likeness (QED) is 0.723. The molecule has 3 aromatic rings. The highest BCUT2D eigenvalue weighted by molar-refractivity contribution is 7.99. The van der Waals surface area contributed by atoms with E-state index < -0.39 is 0 Å². The van der Waals surface area contributed by atoms with Crippen molar-refractivity contribution in [1.82, 2.24) is 9.97 Å². The molecule has 21 heavy (non-hydrogen) atoms. The minimum atomic E-state index is -0.0390. The number of carbonyl (C=O) groups excluding carboxylic acids is 1. The first kappa shape index (κ1) is 13.7. The average Bonchev–Trinajstić information content (AvgIpc) is 2.88. The first-order valence-corrected chi connectivity index (χ1v) is 7.63. The highest BCUT2D eigenvalue weighted by atomic mass is 32.2. The Bertz CT molecular complexity index is 768. The molecule has 0 spiro atoms. The van der Waals surface area contributed by atoms with Crippen LogP contribution in [0.3, 0.4) is 0 Å². The summed E-state index contributed by atoms with van der Waals surface area (Å²) in [5.74, 6) is 0.288. The molecule has 106 valence electrons. The number of hydrogen-bond acceptors (Lipinski definition) is 3. The molecule has 0 saturated heterocycles. The van der Waals surface area contributed by atoms with Gasteiger partial charge in [0, 0.05) is 5.69 Å². The summed E-state index contributed by atoms with van der Waals surface area (Å²) in [6.45, 7) is 2.04. The van der Waals surface area contributed by atoms with Gasteiger partial charge >= 0.3 is 0 Å². The fourth-order valence-electron chi connectivity index (χ4n) is 2.02. The number of benzene rings is 2. The lowest BCUT2D eigenvalue weighted by molar-refractivity contribution is -0.113. The molecule has 0 saturated carbocycles. The Morgan fingerprint density at radius 1 is 1.24 bits per heavy atom. The van der Waals surface area contributed by atoms with E-state index in [-0.39, 0.29) is 5.91 Å². The summed E-state index contributed by atoms with van der Waals surface area (Å²) >= 11 is 1.40. The average molecular weight is 297 g/mol. The van der Waals surface area contributed by atoms with E-state index in [9.17, 15) is 4.79 Å². The molecule has 5 heteroatoms. The van der Waals surface area contributed by atoms with Crippen molar-refractivity contribution < 1.29 is 4.79 Å². The Kier molecular flexibility index (Phi) is 3.92. The minimum absolute atomic E-state index is 0.0390. The van der Waals surface area contributed by atoms with Crippen LogP contribution in [0.25, 0.3) is 11.0 Å². The van der Waals surface area contributed by atoms with Crippen LogP contribution >= 0.6 is 11.8 Å². The second kappa shape index (κ2) is 6.01. The van der Waals surface area contributed by atoms with Crippen LogP contribution in [0.5, 0.6) is 0 Å². The van der Waals surface area contributed by atoms with Gasteiger partial charge in [-0.15, -0.1) is 0 Å². The lowest BCUT2D eigenvalue weighted by Crippen LogP contribution is -2.13. The molecule has 0 bridgehead atoms. The number of nitrogens with one attached hydrogen (secondary N) is 2. The third kappa shape index (κ3) is 3.44. The number of aryl methyl sites for hydroxylation is 1. The number of hydrogen-bond donors (Lipinski definition) is 2. The van der Waals surface area contributed by atoms with E-state index in [1.54, 1.807) is 0 Å². The molecule has 0 aliphatic carbocycles. The molecule has 0 unspecified atom stereocenters. The molecule has 2 N–H and O–H groups in total. The zero-order valence-electron chi connectivity index (χ0n) is 11.6. The van der Waals surface area contributed by atoms with Gasteiger partial charge in [-0.1, -0.05) is 36.0 Å². The van der Waals surface area contributed by atoms with Gasteiger partial charge in [-0.3, -0.25) is 4.79 Å². The van der Waals surface area contributed by atoms with Gasteiger partial charge in [-0.05, 0) is 36.8 Å². The van der Waals surface area contributed by atoms with Crippen molar-refractivity contribution in [1.29, 1.82) is 0 Å². The van der Waals surface area contributed by atoms with Gasteiger partial charge in [0.25, 0.3) is 0 Å². The first-order chi connectivity index (χ1) is 10.2. The highest BCUT2D eigenvalue weighted by Gasteiger charge is 2.07. The van der Waals surface area contributed by atoms with Crippen LogP contribution in [0.15, 0.2) is 53.7 Å². The number of anilines is 1. The summed E-state index contributed by atoms with van der Waals surface area (Å²) in [5.41, 5.74) is 3.92. The number of nitrogens with zero attached hydrogens (tertiary/aromatic N) is 1. The molecule has 0 aliphatic heterocycles. The molecule has 0 radical (unpaired) electrons. The van der Waals surface area contributed by atoms with Crippen LogP contribution in [0, 0.1) is 6.92 Å². The summed E-state index contributed by atoms with van der Waals surface area (Å²) in [7, 11) is 0. The molecule has 0 atom stereocenters. The molecule has 1 aromatic heterocycles. The van der Waals surface area contributed by atoms with E-state index >= 15 is 0 Å². The van der Waals surface area contributed by atoms with Crippen LogP contribution < -0.4 is 5.32 Å². The lowest BCUT2D eigenvalue weighted by Gasteiger charge is -2.03. The van der Waals surface area contributed by atoms with Gasteiger partial charge < -0.3 is 10.3 Å². The summed E-state index contributed by atoms with van der Waals surface area (Å²) < 4.78 is 0. The maximum absolute atomic E-state index is 11.9. The minimum Gasteiger partial charge on any atom is -0.333 e. The topological polar surface area (TPSA) is 57.8 Å². The maximum atomic E-state index is 11.9. The number of fused-ring (bicyclic) bond motifs is 1. The van der Waals surface area contributed by atoms with E-state index in [0.717, 1.165) is 21.9 Å². The van der Waals surface area contributed by atoms with Gasteiger partial charge in [0.05, 0.1) is 16.8 Å². The fourth-order valence-corrected chi connectivity index (χ4v) is 2.71. The molecule has 1 heterocycles. The van der Waals surface area contributed by atoms with Crippen molar-refractivity contribution in [2.75, 3.05) is 11.1 Å². The summed E-state index contributed by atoms with van der Waals surface area (Å²) in [5, 5.41) is 3.62. The van der Waals surface area contributed by atoms with Crippen molar-refractivity contribution in [2.45, 2.75) is 12.1 Å². The largest absolute Gasteiger partial charge is 0.333 e. The maximum Gasteiger partial charge on any atom is 0.234 e. The second-order valence-corrected chi connectivity index (χ2v) is 5.73. The molecule has 2 aromatic carbocycles. The van der Waals surface area contributed by atoms with E-state index in [4.69, 9.17) is 0 Å². The first-order valence-electron chi connectivity index (χ1n) is 6.65. The zero-order valence-corrected chi connectivity index (χ0v) is 12.4. The Hall–Kier alpha value is -2.27. The SMILES string of the molecule is Cc1ccc2nc(SCC(=O)Nc3ccccc3)[nH]c2c1. The number of amides is 1. The molecule has 4 nitrogen and oxygen atoms in total. The van der Waals surface area contributed by atoms with E-state index in [2.05, 4.69) is 21.4 Å². The van der Waals surface area contributed by atoms with Gasteiger partial charge in [-0.25, -0.2) is 4.98 Å². The van der Waals surface area contributed by atoms with Crippen molar-refractivity contribution in [3.8, 4) is 0 Å². The summed E-state index contributed by atoms with van der Waals surface area (Å²) in [6, 6.07) is 15.5. The van der Waals surface area contributed by atoms with Crippen LogP contribution in [-0.2, 0) is 4.79 Å². The van der Waals surface area contributed by atoms with Crippen LogP contribution in [0.2, 0.25) is 0 Å². The normalized spacial score (nSPS) is 10.7. The number of thioether (sulfide) groups is 1. The molecular weight excluding hydrogens is 282 g/mol. The highest BCUT2D eigenvalue weighted by Crippen LogP contribution is 2.20. The third-order valence-electron chi connectivity index (χ3n) is 3.01. The number of aromatic amines is 1. The lowest BCUT2D eigenvalue weighted by atomic mass is 10.2. The number of imidazole rings is 1. The van der Waals surface area contributed by atoms with E-state index in [1.807, 2.05) is 49.4 Å². The van der Waals surface area contributed by atoms with Crippen LogP contribution in [0.1, 0.15) is 5.56 Å². The molecule has 1 amide bonds. The Morgan fingerprint density at radius 2 is 2.05 bits per heavy atom. The Morgan fingerprint density at radius 3 is 2.86 bits per heavy atom. The molecule has 3 rings (SSSR count). The zero-order chi connectivity index (χ0) is 14.7. The standard InChI is InChI=1S/C16H15N3OS/c1-11-7-8-13-14(9-11)19-16(18-13)21-10-15(20)17-12-5-3-2-4-6-12/h2-9H,10H2,1H3,(H,17,20)(H,18,19). The van der Waals surface area contributed by atoms with Crippen molar-refractivity contribution in [3.05, 3.63) is 54.1 Å². The predicted molar refractivity (Wildman–Crippen MR) is 86.6 cm³/mol. The van der Waals surface area contributed by atoms with Crippen molar-refractivity contribution in [2.24, 2.45) is 0 Å².